The largest absolute Gasteiger partial charge is 0.331 e. The minimum Gasteiger partial charge on any atom is -0.331 e. The van der Waals surface area contributed by atoms with Gasteiger partial charge in [-0.15, -0.1) is 11.3 Å². The third-order valence-corrected chi connectivity index (χ3v) is 7.17. The molecular formula is C19H26N4S. The topological polar surface area (TPSA) is 24.3 Å². The Bertz CT molecular complexity index is 706. The van der Waals surface area contributed by atoms with E-state index in [2.05, 4.69) is 37.0 Å². The second kappa shape index (κ2) is 6.28. The smallest absolute Gasteiger partial charge is 0.109 e. The molecule has 0 amide bonds. The highest BCUT2D eigenvalue weighted by Gasteiger charge is 2.32. The fraction of sp³-hybridized carbons (Fsp3) is 0.632. The number of aryl methyl sites for hydroxylation is 1. The average Bonchev–Trinajstić information content (AvgIpc) is 3.34. The highest BCUT2D eigenvalue weighted by atomic mass is 32.1. The lowest BCUT2D eigenvalue weighted by atomic mass is 10.1. The molecule has 0 aliphatic carbocycles. The van der Waals surface area contributed by atoms with Gasteiger partial charge in [0.15, 0.2) is 0 Å². The van der Waals surface area contributed by atoms with Crippen LogP contribution in [0.25, 0.3) is 0 Å². The third-order valence-electron chi connectivity index (χ3n) is 6.14. The third kappa shape index (κ3) is 2.72. The van der Waals surface area contributed by atoms with E-state index in [1.165, 1.54) is 57.7 Å². The molecule has 0 radical (unpaired) electrons. The number of hydrogen-bond donors (Lipinski definition) is 0. The van der Waals surface area contributed by atoms with Crippen LogP contribution in [0.5, 0.6) is 0 Å². The van der Waals surface area contributed by atoms with Gasteiger partial charge in [0.05, 0.1) is 0 Å². The molecule has 2 aromatic heterocycles. The van der Waals surface area contributed by atoms with Crippen LogP contribution in [-0.4, -0.2) is 51.6 Å². The molecule has 128 valence electrons. The molecule has 3 aliphatic rings. The fourth-order valence-corrected chi connectivity index (χ4v) is 5.75. The summed E-state index contributed by atoms with van der Waals surface area (Å²) in [6, 6.07) is 3.73. The van der Waals surface area contributed by atoms with Crippen LogP contribution in [0.4, 0.5) is 0 Å². The Morgan fingerprint density at radius 3 is 3.12 bits per heavy atom. The van der Waals surface area contributed by atoms with Gasteiger partial charge in [-0.3, -0.25) is 9.80 Å². The van der Waals surface area contributed by atoms with E-state index in [4.69, 9.17) is 0 Å². The Morgan fingerprint density at radius 1 is 1.12 bits per heavy atom. The van der Waals surface area contributed by atoms with Gasteiger partial charge in [-0.2, -0.15) is 0 Å². The maximum Gasteiger partial charge on any atom is 0.109 e. The van der Waals surface area contributed by atoms with Gasteiger partial charge in [-0.1, -0.05) is 0 Å². The highest BCUT2D eigenvalue weighted by molar-refractivity contribution is 7.10. The van der Waals surface area contributed by atoms with Crippen LogP contribution >= 0.6 is 11.3 Å². The molecule has 1 fully saturated rings. The highest BCUT2D eigenvalue weighted by Crippen LogP contribution is 2.30. The first-order valence-corrected chi connectivity index (χ1v) is 10.3. The molecule has 1 saturated heterocycles. The lowest BCUT2D eigenvalue weighted by molar-refractivity contribution is 0.149. The summed E-state index contributed by atoms with van der Waals surface area (Å²) in [5, 5.41) is 2.26. The summed E-state index contributed by atoms with van der Waals surface area (Å²) in [6.07, 6.45) is 10.6. The van der Waals surface area contributed by atoms with Gasteiger partial charge in [-0.25, -0.2) is 4.98 Å². The molecule has 0 unspecified atom stereocenters. The zero-order valence-electron chi connectivity index (χ0n) is 14.2. The van der Waals surface area contributed by atoms with E-state index in [1.807, 2.05) is 17.5 Å². The number of nitrogens with zero attached hydrogens (tertiary/aromatic N) is 4. The van der Waals surface area contributed by atoms with Crippen molar-refractivity contribution in [3.63, 3.8) is 0 Å². The van der Waals surface area contributed by atoms with Crippen LogP contribution in [0, 0.1) is 0 Å². The lowest BCUT2D eigenvalue weighted by Crippen LogP contribution is -2.43. The van der Waals surface area contributed by atoms with Crippen molar-refractivity contribution in [3.8, 4) is 0 Å². The average molecular weight is 343 g/mol. The number of imidazole rings is 1. The number of aromatic nitrogens is 2. The monoisotopic (exact) mass is 342 g/mol. The van der Waals surface area contributed by atoms with Crippen molar-refractivity contribution in [1.82, 2.24) is 19.4 Å². The van der Waals surface area contributed by atoms with Crippen molar-refractivity contribution in [1.29, 1.82) is 0 Å². The van der Waals surface area contributed by atoms with Crippen LogP contribution < -0.4 is 0 Å². The Morgan fingerprint density at radius 2 is 2.12 bits per heavy atom. The molecular weight excluding hydrogens is 316 g/mol. The van der Waals surface area contributed by atoms with E-state index in [9.17, 15) is 0 Å². The van der Waals surface area contributed by atoms with Crippen LogP contribution in [0.2, 0.25) is 0 Å². The molecule has 0 N–H and O–H groups in total. The molecule has 0 spiro atoms. The second-order valence-corrected chi connectivity index (χ2v) is 8.59. The quantitative estimate of drug-likeness (QED) is 0.854. The summed E-state index contributed by atoms with van der Waals surface area (Å²) >= 11 is 1.94. The lowest BCUT2D eigenvalue weighted by Gasteiger charge is -2.34. The molecule has 4 nitrogen and oxygen atoms in total. The SMILES string of the molecule is c1cn2c(n1)CC[C@H]2CN1CCC[C@H]1CN1CCc2sccc2C1. The predicted molar refractivity (Wildman–Crippen MR) is 97.5 cm³/mol. The zero-order valence-corrected chi connectivity index (χ0v) is 15.0. The van der Waals surface area contributed by atoms with E-state index in [1.54, 1.807) is 10.4 Å². The van der Waals surface area contributed by atoms with Gasteiger partial charge in [-0.05, 0) is 49.2 Å². The van der Waals surface area contributed by atoms with Gasteiger partial charge in [0.25, 0.3) is 0 Å². The van der Waals surface area contributed by atoms with Crippen LogP contribution in [0.1, 0.15) is 41.6 Å². The molecule has 5 heterocycles. The van der Waals surface area contributed by atoms with E-state index >= 15 is 0 Å². The summed E-state index contributed by atoms with van der Waals surface area (Å²) < 4.78 is 2.42. The standard InChI is InChI=1S/C19H26N4S/c1-2-16(13-21-9-5-18-15(12-21)6-11-24-18)22(8-1)14-17-3-4-19-20-7-10-23(17)19/h6-7,10-11,16-17H,1-5,8-9,12-14H2/t16-,17-/m0/s1. The predicted octanol–water partition coefficient (Wildman–Crippen LogP) is 2.95. The molecule has 24 heavy (non-hydrogen) atoms. The first-order chi connectivity index (χ1) is 11.9. The number of fused-ring (bicyclic) bond motifs is 2. The molecule has 0 saturated carbocycles. The molecule has 3 aliphatic heterocycles. The Labute approximate surface area is 148 Å². The van der Waals surface area contributed by atoms with Gasteiger partial charge >= 0.3 is 0 Å². The van der Waals surface area contributed by atoms with Gasteiger partial charge < -0.3 is 4.57 Å². The summed E-state index contributed by atoms with van der Waals surface area (Å²) in [6.45, 7) is 6.15. The molecule has 5 rings (SSSR count). The number of likely N-dealkylation sites (tertiary alicyclic amines) is 1. The molecule has 5 heteroatoms. The van der Waals surface area contributed by atoms with E-state index in [0.717, 1.165) is 19.0 Å². The first kappa shape index (κ1) is 15.1. The van der Waals surface area contributed by atoms with Crippen LogP contribution in [0.3, 0.4) is 0 Å². The maximum atomic E-state index is 4.49. The fourth-order valence-electron chi connectivity index (χ4n) is 4.86. The van der Waals surface area contributed by atoms with E-state index < -0.39 is 0 Å². The number of hydrogen-bond acceptors (Lipinski definition) is 4. The van der Waals surface area contributed by atoms with Crippen molar-refractivity contribution in [3.05, 3.63) is 40.1 Å². The zero-order chi connectivity index (χ0) is 15.9. The molecule has 0 bridgehead atoms. The van der Waals surface area contributed by atoms with Crippen molar-refractivity contribution >= 4 is 11.3 Å². The maximum absolute atomic E-state index is 4.49. The van der Waals surface area contributed by atoms with Gasteiger partial charge in [0.1, 0.15) is 5.82 Å². The minimum absolute atomic E-state index is 0.646. The van der Waals surface area contributed by atoms with Crippen LogP contribution in [0.15, 0.2) is 23.8 Å². The molecule has 0 aromatic carbocycles. The first-order valence-electron chi connectivity index (χ1n) is 9.40. The summed E-state index contributed by atoms with van der Waals surface area (Å²) in [7, 11) is 0. The van der Waals surface area contributed by atoms with Crippen molar-refractivity contribution < 1.29 is 0 Å². The van der Waals surface area contributed by atoms with Crippen LogP contribution in [-0.2, 0) is 19.4 Å². The van der Waals surface area contributed by atoms with E-state index in [0.29, 0.717) is 6.04 Å². The normalized spacial score (nSPS) is 27.5. The Balaban J connectivity index is 1.22. The van der Waals surface area contributed by atoms with Gasteiger partial charge in [0, 0.05) is 62.0 Å². The van der Waals surface area contributed by atoms with Crippen molar-refractivity contribution in [2.75, 3.05) is 26.2 Å². The Hall–Kier alpha value is -1.17. The number of rotatable bonds is 4. The van der Waals surface area contributed by atoms with Crippen molar-refractivity contribution in [2.24, 2.45) is 0 Å². The Kier molecular flexibility index (Phi) is 3.96. The molecule has 2 atom stereocenters. The summed E-state index contributed by atoms with van der Waals surface area (Å²) in [4.78, 5) is 11.6. The van der Waals surface area contributed by atoms with E-state index in [-0.39, 0.29) is 0 Å². The van der Waals surface area contributed by atoms with Crippen molar-refractivity contribution in [2.45, 2.75) is 50.7 Å². The second-order valence-electron chi connectivity index (χ2n) is 7.59. The minimum atomic E-state index is 0.646. The summed E-state index contributed by atoms with van der Waals surface area (Å²) in [5.74, 6) is 1.29. The summed E-state index contributed by atoms with van der Waals surface area (Å²) in [5.41, 5.74) is 1.58. The van der Waals surface area contributed by atoms with Gasteiger partial charge in [0.2, 0.25) is 0 Å². The number of thiophene rings is 1. The molecule has 2 aromatic rings.